The van der Waals surface area contributed by atoms with Gasteiger partial charge in [-0.25, -0.2) is 0 Å². The van der Waals surface area contributed by atoms with Gasteiger partial charge in [0.2, 0.25) is 0 Å². The van der Waals surface area contributed by atoms with Crippen LogP contribution in [0.15, 0.2) is 36.7 Å². The first-order chi connectivity index (χ1) is 15.7. The summed E-state index contributed by atoms with van der Waals surface area (Å²) in [6, 6.07) is 7.96. The van der Waals surface area contributed by atoms with Crippen LogP contribution in [0.5, 0.6) is 0 Å². The lowest BCUT2D eigenvalue weighted by Crippen LogP contribution is -2.41. The number of Topliss-reactive ketones (excluding diaryl/α,β-unsaturated/α-hetero) is 1. The highest BCUT2D eigenvalue weighted by atomic mass is 16.6. The first-order valence-corrected chi connectivity index (χ1v) is 11.4. The Morgan fingerprint density at radius 2 is 1.85 bits per heavy atom. The number of ketones is 1. The highest BCUT2D eigenvalue weighted by molar-refractivity contribution is 5.86. The number of aryl methyl sites for hydroxylation is 1. The summed E-state index contributed by atoms with van der Waals surface area (Å²) in [4.78, 5) is 27.0. The standard InChI is InChI=1S/C25H31N5O3/c1-25(2,3)33-24(32)16-30-9-7-17(8-10-30)23(31)13-21-12-19-11-18(5-6-22(19)28-27-21)20-14-26-29(4)15-20/h5-6,11-12,14-15,17H,7-10,13,16H2,1-4H3. The molecule has 3 aromatic rings. The fourth-order valence-corrected chi connectivity index (χ4v) is 4.22. The Kier molecular flexibility index (Phi) is 6.56. The summed E-state index contributed by atoms with van der Waals surface area (Å²) < 4.78 is 7.17. The van der Waals surface area contributed by atoms with Crippen LogP contribution in [-0.2, 0) is 27.8 Å². The Morgan fingerprint density at radius 3 is 2.52 bits per heavy atom. The number of hydrogen-bond acceptors (Lipinski definition) is 7. The lowest BCUT2D eigenvalue weighted by Gasteiger charge is -2.31. The molecule has 1 aliphatic heterocycles. The molecule has 0 bridgehead atoms. The van der Waals surface area contributed by atoms with Gasteiger partial charge in [-0.3, -0.25) is 19.2 Å². The summed E-state index contributed by atoms with van der Waals surface area (Å²) in [5.74, 6) is -0.0486. The van der Waals surface area contributed by atoms with Crippen molar-refractivity contribution in [2.45, 2.75) is 45.6 Å². The van der Waals surface area contributed by atoms with Crippen molar-refractivity contribution >= 4 is 22.7 Å². The summed E-state index contributed by atoms with van der Waals surface area (Å²) in [5, 5.41) is 13.8. The number of benzene rings is 1. The monoisotopic (exact) mass is 449 g/mol. The van der Waals surface area contributed by atoms with E-state index >= 15 is 0 Å². The summed E-state index contributed by atoms with van der Waals surface area (Å²) in [7, 11) is 1.89. The minimum Gasteiger partial charge on any atom is -0.459 e. The van der Waals surface area contributed by atoms with Gasteiger partial charge in [0.25, 0.3) is 0 Å². The van der Waals surface area contributed by atoms with E-state index in [1.54, 1.807) is 4.68 Å². The molecule has 8 nitrogen and oxygen atoms in total. The van der Waals surface area contributed by atoms with E-state index in [1.165, 1.54) is 0 Å². The van der Waals surface area contributed by atoms with E-state index in [0.29, 0.717) is 18.8 Å². The van der Waals surface area contributed by atoms with Crippen molar-refractivity contribution in [3.05, 3.63) is 42.4 Å². The largest absolute Gasteiger partial charge is 0.459 e. The average molecular weight is 450 g/mol. The Hall–Kier alpha value is -3.13. The Morgan fingerprint density at radius 1 is 1.09 bits per heavy atom. The molecule has 0 radical (unpaired) electrons. The first kappa shape index (κ1) is 23.0. The zero-order valence-corrected chi connectivity index (χ0v) is 19.7. The van der Waals surface area contributed by atoms with Crippen LogP contribution in [0.2, 0.25) is 0 Å². The van der Waals surface area contributed by atoms with Crippen LogP contribution in [0.1, 0.15) is 39.3 Å². The summed E-state index contributed by atoms with van der Waals surface area (Å²) in [6.45, 7) is 7.30. The molecular formula is C25H31N5O3. The lowest BCUT2D eigenvalue weighted by atomic mass is 9.90. The van der Waals surface area contributed by atoms with E-state index in [1.807, 2.05) is 58.4 Å². The zero-order valence-electron chi connectivity index (χ0n) is 19.7. The van der Waals surface area contributed by atoms with Crippen LogP contribution in [-0.4, -0.2) is 61.9 Å². The second-order valence-electron chi connectivity index (χ2n) is 9.79. The van der Waals surface area contributed by atoms with E-state index in [4.69, 9.17) is 4.74 Å². The van der Waals surface area contributed by atoms with Crippen molar-refractivity contribution in [2.75, 3.05) is 19.6 Å². The van der Waals surface area contributed by atoms with Crippen LogP contribution in [0, 0.1) is 5.92 Å². The number of carbonyl (C=O) groups is 2. The Balaban J connectivity index is 1.35. The fourth-order valence-electron chi connectivity index (χ4n) is 4.22. The van der Waals surface area contributed by atoms with Crippen LogP contribution in [0.25, 0.3) is 22.0 Å². The van der Waals surface area contributed by atoms with Crippen molar-refractivity contribution in [2.24, 2.45) is 13.0 Å². The maximum absolute atomic E-state index is 12.9. The number of nitrogens with zero attached hydrogens (tertiary/aromatic N) is 5. The molecular weight excluding hydrogens is 418 g/mol. The van der Waals surface area contributed by atoms with Crippen molar-refractivity contribution in [1.82, 2.24) is 24.9 Å². The smallest absolute Gasteiger partial charge is 0.320 e. The van der Waals surface area contributed by atoms with Gasteiger partial charge in [0.1, 0.15) is 11.4 Å². The first-order valence-electron chi connectivity index (χ1n) is 11.4. The van der Waals surface area contributed by atoms with Gasteiger partial charge in [0.05, 0.1) is 30.4 Å². The molecule has 3 heterocycles. The Labute approximate surface area is 193 Å². The predicted molar refractivity (Wildman–Crippen MR) is 125 cm³/mol. The van der Waals surface area contributed by atoms with Gasteiger partial charge in [-0.2, -0.15) is 15.3 Å². The molecule has 0 saturated carbocycles. The summed E-state index contributed by atoms with van der Waals surface area (Å²) in [5.41, 5.74) is 3.09. The highest BCUT2D eigenvalue weighted by Crippen LogP contribution is 2.24. The minimum atomic E-state index is -0.481. The second-order valence-corrected chi connectivity index (χ2v) is 9.79. The lowest BCUT2D eigenvalue weighted by molar-refractivity contribution is -0.156. The molecule has 1 aliphatic rings. The predicted octanol–water partition coefficient (Wildman–Crippen LogP) is 3.20. The molecule has 174 valence electrons. The van der Waals surface area contributed by atoms with Gasteiger partial charge in [-0.15, -0.1) is 0 Å². The third kappa shape index (κ3) is 6.01. The van der Waals surface area contributed by atoms with Crippen LogP contribution >= 0.6 is 0 Å². The maximum Gasteiger partial charge on any atom is 0.320 e. The number of rotatable bonds is 6. The molecule has 2 aromatic heterocycles. The van der Waals surface area contributed by atoms with Gasteiger partial charge in [0, 0.05) is 30.1 Å². The number of likely N-dealkylation sites (tertiary alicyclic amines) is 1. The van der Waals surface area contributed by atoms with E-state index in [-0.39, 0.29) is 30.6 Å². The highest BCUT2D eigenvalue weighted by Gasteiger charge is 2.27. The number of carbonyl (C=O) groups excluding carboxylic acids is 2. The van der Waals surface area contributed by atoms with Gasteiger partial charge in [0.15, 0.2) is 0 Å². The summed E-state index contributed by atoms with van der Waals surface area (Å²) >= 11 is 0. The number of aromatic nitrogens is 4. The molecule has 0 spiro atoms. The van der Waals surface area contributed by atoms with Gasteiger partial charge in [-0.05, 0) is 70.5 Å². The van der Waals surface area contributed by atoms with E-state index in [9.17, 15) is 9.59 Å². The fraction of sp³-hybridized carbons (Fsp3) is 0.480. The number of ether oxygens (including phenoxy) is 1. The Bertz CT molecular complexity index is 1160. The number of piperidine rings is 1. The molecule has 1 fully saturated rings. The van der Waals surface area contributed by atoms with Crippen molar-refractivity contribution in [1.29, 1.82) is 0 Å². The number of hydrogen-bond donors (Lipinski definition) is 0. The minimum absolute atomic E-state index is 0.0147. The van der Waals surface area contributed by atoms with Crippen LogP contribution in [0.3, 0.4) is 0 Å². The number of esters is 1. The molecule has 0 unspecified atom stereocenters. The molecule has 0 aliphatic carbocycles. The van der Waals surface area contributed by atoms with Gasteiger partial charge in [-0.1, -0.05) is 6.07 Å². The quantitative estimate of drug-likeness (QED) is 0.534. The van der Waals surface area contributed by atoms with E-state index in [2.05, 4.69) is 26.3 Å². The van der Waals surface area contributed by atoms with E-state index in [0.717, 1.165) is 34.9 Å². The molecule has 4 rings (SSSR count). The molecule has 1 saturated heterocycles. The van der Waals surface area contributed by atoms with Gasteiger partial charge >= 0.3 is 5.97 Å². The third-order valence-electron chi connectivity index (χ3n) is 5.85. The van der Waals surface area contributed by atoms with Crippen LogP contribution < -0.4 is 0 Å². The van der Waals surface area contributed by atoms with Gasteiger partial charge < -0.3 is 4.74 Å². The maximum atomic E-state index is 12.9. The SMILES string of the molecule is Cn1cc(-c2ccc3nnc(CC(=O)C4CCN(CC(=O)OC(C)(C)C)CC4)cc3c2)cn1. The van der Waals surface area contributed by atoms with E-state index < -0.39 is 5.60 Å². The molecule has 0 atom stereocenters. The number of fused-ring (bicyclic) bond motifs is 1. The molecule has 8 heteroatoms. The normalized spacial score (nSPS) is 15.6. The molecule has 0 amide bonds. The van der Waals surface area contributed by atoms with Crippen LogP contribution in [0.4, 0.5) is 0 Å². The van der Waals surface area contributed by atoms with Crippen molar-refractivity contribution in [3.8, 4) is 11.1 Å². The third-order valence-corrected chi connectivity index (χ3v) is 5.85. The second kappa shape index (κ2) is 9.39. The zero-order chi connectivity index (χ0) is 23.6. The van der Waals surface area contributed by atoms with Crippen molar-refractivity contribution < 1.29 is 14.3 Å². The molecule has 33 heavy (non-hydrogen) atoms. The van der Waals surface area contributed by atoms with Crippen molar-refractivity contribution in [3.63, 3.8) is 0 Å². The topological polar surface area (TPSA) is 90.2 Å². The summed E-state index contributed by atoms with van der Waals surface area (Å²) in [6.07, 6.45) is 5.56. The average Bonchev–Trinajstić information content (AvgIpc) is 3.18. The molecule has 0 N–H and O–H groups in total. The molecule has 1 aromatic carbocycles.